The van der Waals surface area contributed by atoms with Gasteiger partial charge in [-0.15, -0.1) is 0 Å². The summed E-state index contributed by atoms with van der Waals surface area (Å²) in [4.78, 5) is 2.46. The number of hydrogen-bond donors (Lipinski definition) is 2. The number of H-pyrrole nitrogens is 1. The van der Waals surface area contributed by atoms with Gasteiger partial charge < -0.3 is 5.11 Å². The number of aryl methyl sites for hydroxylation is 1. The Morgan fingerprint density at radius 2 is 2.10 bits per heavy atom. The average molecular weight is 271 g/mol. The van der Waals surface area contributed by atoms with Gasteiger partial charge in [-0.25, -0.2) is 0 Å². The summed E-state index contributed by atoms with van der Waals surface area (Å²) in [6.07, 6.45) is 3.31. The molecule has 4 heteroatoms. The molecule has 0 bridgehead atoms. The summed E-state index contributed by atoms with van der Waals surface area (Å²) in [6.45, 7) is 3.12. The second kappa shape index (κ2) is 6.20. The molecular weight excluding hydrogens is 250 g/mol. The van der Waals surface area contributed by atoms with Crippen molar-refractivity contribution in [3.63, 3.8) is 0 Å². The minimum absolute atomic E-state index is 0.0314. The van der Waals surface area contributed by atoms with E-state index in [1.165, 1.54) is 23.2 Å². The number of aliphatic hydroxyl groups excluding tert-OH is 1. The largest absolute Gasteiger partial charge is 0.390 e. The number of nitrogens with one attached hydrogen (secondary N) is 1. The first kappa shape index (κ1) is 13.3. The Balaban J connectivity index is 1.53. The Morgan fingerprint density at radius 3 is 2.90 bits per heavy atom. The van der Waals surface area contributed by atoms with Crippen LogP contribution in [0.1, 0.15) is 28.9 Å². The lowest BCUT2D eigenvalue weighted by atomic mass is 10.0. The molecule has 0 radical (unpaired) electrons. The van der Waals surface area contributed by atoms with Crippen LogP contribution in [0.4, 0.5) is 0 Å². The van der Waals surface area contributed by atoms with Gasteiger partial charge in [0.1, 0.15) is 0 Å². The molecule has 4 nitrogen and oxygen atoms in total. The van der Waals surface area contributed by atoms with Gasteiger partial charge in [-0.2, -0.15) is 5.10 Å². The topological polar surface area (TPSA) is 52.2 Å². The van der Waals surface area contributed by atoms with E-state index >= 15 is 0 Å². The zero-order valence-electron chi connectivity index (χ0n) is 11.7. The lowest BCUT2D eigenvalue weighted by Crippen LogP contribution is -2.31. The Kier molecular flexibility index (Phi) is 4.14. The molecule has 20 heavy (non-hydrogen) atoms. The number of rotatable bonds is 5. The van der Waals surface area contributed by atoms with Crippen molar-refractivity contribution in [1.29, 1.82) is 0 Å². The molecule has 1 aromatic heterocycles. The predicted molar refractivity (Wildman–Crippen MR) is 78.3 cm³/mol. The summed E-state index contributed by atoms with van der Waals surface area (Å²) in [5.41, 5.74) is 4.63. The number of aromatic amines is 1. The lowest BCUT2D eigenvalue weighted by molar-refractivity contribution is 0.242. The molecule has 0 saturated carbocycles. The molecular formula is C16H21N3O. The maximum Gasteiger partial charge on any atom is 0.0924 e. The molecule has 1 aliphatic heterocycles. The highest BCUT2D eigenvalue weighted by atomic mass is 16.3. The van der Waals surface area contributed by atoms with E-state index in [2.05, 4.69) is 45.4 Å². The Labute approximate surface area is 119 Å². The van der Waals surface area contributed by atoms with Gasteiger partial charge in [-0.05, 0) is 24.9 Å². The summed E-state index contributed by atoms with van der Waals surface area (Å²) in [5.74, 6) is 0. The highest BCUT2D eigenvalue weighted by molar-refractivity contribution is 5.27. The number of fused-ring (bicyclic) bond motifs is 1. The van der Waals surface area contributed by atoms with Crippen molar-refractivity contribution in [2.75, 3.05) is 13.1 Å². The minimum Gasteiger partial charge on any atom is -0.390 e. The predicted octanol–water partition coefficient (Wildman–Crippen LogP) is 1.89. The molecule has 0 saturated heterocycles. The zero-order chi connectivity index (χ0) is 13.8. The standard InChI is InChI=1S/C16H21N3O/c20-12-16-14-11-19(10-8-15(14)17-18-16)9-4-7-13-5-2-1-3-6-13/h1-3,5-6,20H,4,7-12H2,(H,17,18). The van der Waals surface area contributed by atoms with Crippen LogP contribution < -0.4 is 0 Å². The molecule has 2 heterocycles. The molecule has 2 aromatic rings. The smallest absolute Gasteiger partial charge is 0.0924 e. The quantitative estimate of drug-likeness (QED) is 0.873. The van der Waals surface area contributed by atoms with Crippen LogP contribution in [0.5, 0.6) is 0 Å². The van der Waals surface area contributed by atoms with Crippen molar-refractivity contribution in [3.05, 3.63) is 52.8 Å². The summed E-state index contributed by atoms with van der Waals surface area (Å²) in [5, 5.41) is 16.5. The lowest BCUT2D eigenvalue weighted by Gasteiger charge is -2.26. The molecule has 0 atom stereocenters. The first-order valence-electron chi connectivity index (χ1n) is 7.29. The van der Waals surface area contributed by atoms with Gasteiger partial charge in [0, 0.05) is 30.8 Å². The monoisotopic (exact) mass is 271 g/mol. The molecule has 106 valence electrons. The maximum absolute atomic E-state index is 9.29. The molecule has 0 unspecified atom stereocenters. The van der Waals surface area contributed by atoms with Crippen molar-refractivity contribution in [2.45, 2.75) is 32.4 Å². The van der Waals surface area contributed by atoms with Gasteiger partial charge in [0.2, 0.25) is 0 Å². The van der Waals surface area contributed by atoms with Gasteiger partial charge in [0.25, 0.3) is 0 Å². The van der Waals surface area contributed by atoms with E-state index < -0.39 is 0 Å². The highest BCUT2D eigenvalue weighted by Crippen LogP contribution is 2.20. The van der Waals surface area contributed by atoms with E-state index in [0.29, 0.717) is 0 Å². The third kappa shape index (κ3) is 2.92. The average Bonchev–Trinajstić information content (AvgIpc) is 2.91. The summed E-state index contributed by atoms with van der Waals surface area (Å²) >= 11 is 0. The number of nitrogens with zero attached hydrogens (tertiary/aromatic N) is 2. The SMILES string of the molecule is OCc1n[nH]c2c1CN(CCCc1ccccc1)CC2. The molecule has 1 aliphatic rings. The van der Waals surface area contributed by atoms with E-state index in [0.717, 1.165) is 38.2 Å². The van der Waals surface area contributed by atoms with Crippen LogP contribution in [0.25, 0.3) is 0 Å². The maximum atomic E-state index is 9.29. The number of benzene rings is 1. The fourth-order valence-corrected chi connectivity index (χ4v) is 2.88. The van der Waals surface area contributed by atoms with Crippen molar-refractivity contribution >= 4 is 0 Å². The Hall–Kier alpha value is -1.65. The molecule has 0 spiro atoms. The summed E-state index contributed by atoms with van der Waals surface area (Å²) in [6, 6.07) is 10.6. The van der Waals surface area contributed by atoms with Crippen molar-refractivity contribution in [2.24, 2.45) is 0 Å². The van der Waals surface area contributed by atoms with Crippen LogP contribution in [-0.2, 0) is 26.0 Å². The Bertz CT molecular complexity index is 537. The third-order valence-electron chi connectivity index (χ3n) is 4.03. The molecule has 0 fully saturated rings. The zero-order valence-corrected chi connectivity index (χ0v) is 11.7. The van der Waals surface area contributed by atoms with Crippen molar-refractivity contribution in [3.8, 4) is 0 Å². The van der Waals surface area contributed by atoms with Crippen LogP contribution in [0, 0.1) is 0 Å². The number of aromatic nitrogens is 2. The summed E-state index contributed by atoms with van der Waals surface area (Å²) < 4.78 is 0. The van der Waals surface area contributed by atoms with E-state index in [1.807, 2.05) is 0 Å². The fraction of sp³-hybridized carbons (Fsp3) is 0.438. The van der Waals surface area contributed by atoms with Crippen molar-refractivity contribution < 1.29 is 5.11 Å². The van der Waals surface area contributed by atoms with Crippen LogP contribution in [0.15, 0.2) is 30.3 Å². The van der Waals surface area contributed by atoms with Crippen LogP contribution in [0.3, 0.4) is 0 Å². The first-order valence-corrected chi connectivity index (χ1v) is 7.29. The molecule has 0 aliphatic carbocycles. The van der Waals surface area contributed by atoms with E-state index in [9.17, 15) is 5.11 Å². The fourth-order valence-electron chi connectivity index (χ4n) is 2.88. The van der Waals surface area contributed by atoms with Crippen LogP contribution in [-0.4, -0.2) is 33.3 Å². The molecule has 1 aromatic carbocycles. The normalized spacial score (nSPS) is 15.2. The number of hydrogen-bond acceptors (Lipinski definition) is 3. The summed E-state index contributed by atoms with van der Waals surface area (Å²) in [7, 11) is 0. The molecule has 2 N–H and O–H groups in total. The highest BCUT2D eigenvalue weighted by Gasteiger charge is 2.20. The first-order chi connectivity index (χ1) is 9.86. The number of aliphatic hydroxyl groups is 1. The third-order valence-corrected chi connectivity index (χ3v) is 4.03. The van der Waals surface area contributed by atoms with Gasteiger partial charge >= 0.3 is 0 Å². The minimum atomic E-state index is 0.0314. The van der Waals surface area contributed by atoms with Gasteiger partial charge in [-0.1, -0.05) is 30.3 Å². The van der Waals surface area contributed by atoms with Crippen LogP contribution >= 0.6 is 0 Å². The van der Waals surface area contributed by atoms with Gasteiger partial charge in [0.15, 0.2) is 0 Å². The van der Waals surface area contributed by atoms with E-state index in [-0.39, 0.29) is 6.61 Å². The van der Waals surface area contributed by atoms with Gasteiger partial charge in [0.05, 0.1) is 12.3 Å². The second-order valence-electron chi connectivity index (χ2n) is 5.40. The molecule has 3 rings (SSSR count). The second-order valence-corrected chi connectivity index (χ2v) is 5.40. The molecule has 0 amide bonds. The Morgan fingerprint density at radius 1 is 1.25 bits per heavy atom. The van der Waals surface area contributed by atoms with E-state index in [1.54, 1.807) is 0 Å². The van der Waals surface area contributed by atoms with Crippen LogP contribution in [0.2, 0.25) is 0 Å². The van der Waals surface area contributed by atoms with E-state index in [4.69, 9.17) is 0 Å². The van der Waals surface area contributed by atoms with Crippen molar-refractivity contribution in [1.82, 2.24) is 15.1 Å². The van der Waals surface area contributed by atoms with Gasteiger partial charge in [-0.3, -0.25) is 10.00 Å².